The number of halogens is 1. The molecule has 156 valence electrons. The molecule has 0 spiro atoms. The Bertz CT molecular complexity index is 1220. The van der Waals surface area contributed by atoms with Crippen molar-refractivity contribution in [2.24, 2.45) is 7.05 Å². The van der Waals surface area contributed by atoms with Crippen molar-refractivity contribution in [3.63, 3.8) is 0 Å². The maximum atomic E-state index is 14.9. The van der Waals surface area contributed by atoms with Gasteiger partial charge in [0.15, 0.2) is 0 Å². The van der Waals surface area contributed by atoms with Gasteiger partial charge in [-0.1, -0.05) is 11.3 Å². The van der Waals surface area contributed by atoms with Crippen molar-refractivity contribution >= 4 is 11.8 Å². The van der Waals surface area contributed by atoms with Gasteiger partial charge in [0.05, 0.1) is 32.0 Å². The second kappa shape index (κ2) is 7.55. The summed E-state index contributed by atoms with van der Waals surface area (Å²) in [5.74, 6) is -0.0879. The number of pyridine rings is 1. The van der Waals surface area contributed by atoms with E-state index in [0.29, 0.717) is 41.4 Å². The van der Waals surface area contributed by atoms with E-state index in [-0.39, 0.29) is 0 Å². The summed E-state index contributed by atoms with van der Waals surface area (Å²) in [5.41, 5.74) is 1.90. The van der Waals surface area contributed by atoms with Crippen molar-refractivity contribution in [1.29, 1.82) is 0 Å². The van der Waals surface area contributed by atoms with E-state index in [0.717, 1.165) is 0 Å². The molecule has 0 bridgehead atoms. The van der Waals surface area contributed by atoms with Gasteiger partial charge in [0.2, 0.25) is 5.82 Å². The van der Waals surface area contributed by atoms with Gasteiger partial charge in [-0.2, -0.15) is 4.80 Å². The lowest BCUT2D eigenvalue weighted by molar-refractivity contribution is 0.129. The number of hydrogen-bond acceptors (Lipinski definition) is 8. The minimum absolute atomic E-state index is 0.291. The number of cyclic esters (lactones) is 1. The van der Waals surface area contributed by atoms with Gasteiger partial charge in [0, 0.05) is 23.5 Å². The number of aromatic nitrogens is 8. The Labute approximate surface area is 175 Å². The van der Waals surface area contributed by atoms with Crippen molar-refractivity contribution < 1.29 is 13.9 Å². The summed E-state index contributed by atoms with van der Waals surface area (Å²) in [6.07, 6.45) is 3.85. The SMILES string of the molecule is Cn1nnc(-c2ccc(-c3ccc(N4CC(Cn5ccnn5)OC4=O)cc3F)cn2)n1. The first-order valence-electron chi connectivity index (χ1n) is 9.39. The average molecular weight is 421 g/mol. The van der Waals surface area contributed by atoms with Crippen LogP contribution in [0.15, 0.2) is 48.9 Å². The summed E-state index contributed by atoms with van der Waals surface area (Å²) < 4.78 is 21.8. The fraction of sp³-hybridized carbons (Fsp3) is 0.211. The van der Waals surface area contributed by atoms with Gasteiger partial charge >= 0.3 is 6.09 Å². The fourth-order valence-corrected chi connectivity index (χ4v) is 3.34. The molecule has 0 saturated carbocycles. The zero-order chi connectivity index (χ0) is 21.4. The van der Waals surface area contributed by atoms with E-state index in [1.165, 1.54) is 15.8 Å². The molecule has 11 nitrogen and oxygen atoms in total. The lowest BCUT2D eigenvalue weighted by atomic mass is 10.1. The van der Waals surface area contributed by atoms with E-state index < -0.39 is 18.0 Å². The molecule has 4 heterocycles. The molecule has 31 heavy (non-hydrogen) atoms. The van der Waals surface area contributed by atoms with Crippen LogP contribution in [0.1, 0.15) is 0 Å². The Balaban J connectivity index is 1.33. The zero-order valence-electron chi connectivity index (χ0n) is 16.3. The summed E-state index contributed by atoms with van der Waals surface area (Å²) in [7, 11) is 1.66. The highest BCUT2D eigenvalue weighted by atomic mass is 19.1. The van der Waals surface area contributed by atoms with E-state index in [2.05, 4.69) is 30.7 Å². The average Bonchev–Trinajstić information content (AvgIpc) is 3.51. The van der Waals surface area contributed by atoms with Crippen molar-refractivity contribution in [3.05, 3.63) is 54.7 Å². The number of anilines is 1. The number of carbonyl (C=O) groups is 1. The number of benzene rings is 1. The summed E-state index contributed by atoms with van der Waals surface area (Å²) in [5, 5.41) is 19.4. The van der Waals surface area contributed by atoms with Crippen molar-refractivity contribution in [2.75, 3.05) is 11.4 Å². The molecule has 12 heteroatoms. The molecule has 0 aliphatic carbocycles. The number of nitrogens with zero attached hydrogens (tertiary/aromatic N) is 9. The molecule has 1 amide bonds. The molecule has 5 rings (SSSR count). The Kier molecular flexibility index (Phi) is 4.58. The Morgan fingerprint density at radius 1 is 1.23 bits per heavy atom. The van der Waals surface area contributed by atoms with Gasteiger partial charge in [-0.15, -0.1) is 15.3 Å². The number of tetrazole rings is 1. The summed E-state index contributed by atoms with van der Waals surface area (Å²) in [6, 6.07) is 8.03. The smallest absolute Gasteiger partial charge is 0.414 e. The van der Waals surface area contributed by atoms with Crippen LogP contribution in [0, 0.1) is 5.82 Å². The molecule has 1 aliphatic heterocycles. The molecule has 3 aromatic heterocycles. The first-order valence-corrected chi connectivity index (χ1v) is 9.39. The fourth-order valence-electron chi connectivity index (χ4n) is 3.34. The van der Waals surface area contributed by atoms with Gasteiger partial charge in [-0.25, -0.2) is 13.9 Å². The largest absolute Gasteiger partial charge is 0.442 e. The second-order valence-electron chi connectivity index (χ2n) is 6.94. The maximum absolute atomic E-state index is 14.9. The molecular formula is C19H16FN9O2. The highest BCUT2D eigenvalue weighted by Crippen LogP contribution is 2.29. The predicted octanol–water partition coefficient (Wildman–Crippen LogP) is 1.70. The van der Waals surface area contributed by atoms with Crippen LogP contribution in [0.2, 0.25) is 0 Å². The Morgan fingerprint density at radius 3 is 2.81 bits per heavy atom. The quantitative estimate of drug-likeness (QED) is 0.478. The van der Waals surface area contributed by atoms with Crippen molar-refractivity contribution in [1.82, 2.24) is 40.2 Å². The highest BCUT2D eigenvalue weighted by molar-refractivity contribution is 5.90. The zero-order valence-corrected chi connectivity index (χ0v) is 16.3. The maximum Gasteiger partial charge on any atom is 0.414 e. The number of hydrogen-bond donors (Lipinski definition) is 0. The lowest BCUT2D eigenvalue weighted by Crippen LogP contribution is -2.26. The molecule has 0 N–H and O–H groups in total. The number of amides is 1. The standard InChI is InChI=1S/C19H16FN9O2/c1-27-24-18(23-26-27)17-5-2-12(9-21-17)15-4-3-13(8-16(15)20)29-11-14(31-19(29)30)10-28-7-6-22-25-28/h2-9,14H,10-11H2,1H3. The molecular weight excluding hydrogens is 405 g/mol. The van der Waals surface area contributed by atoms with Crippen LogP contribution in [0.25, 0.3) is 22.6 Å². The van der Waals surface area contributed by atoms with Gasteiger partial charge in [0.1, 0.15) is 17.6 Å². The van der Waals surface area contributed by atoms with E-state index >= 15 is 0 Å². The number of aryl methyl sites for hydroxylation is 1. The third-order valence-corrected chi connectivity index (χ3v) is 4.81. The monoisotopic (exact) mass is 421 g/mol. The second-order valence-corrected chi connectivity index (χ2v) is 6.94. The molecule has 1 atom stereocenters. The predicted molar refractivity (Wildman–Crippen MR) is 105 cm³/mol. The van der Waals surface area contributed by atoms with Crippen LogP contribution in [0.3, 0.4) is 0 Å². The molecule has 1 aromatic carbocycles. The lowest BCUT2D eigenvalue weighted by Gasteiger charge is -2.14. The molecule has 0 radical (unpaired) electrons. The highest BCUT2D eigenvalue weighted by Gasteiger charge is 2.33. The van der Waals surface area contributed by atoms with E-state index in [4.69, 9.17) is 4.74 Å². The van der Waals surface area contributed by atoms with Crippen LogP contribution in [0.5, 0.6) is 0 Å². The summed E-state index contributed by atoms with van der Waals surface area (Å²) in [4.78, 5) is 19.3. The van der Waals surface area contributed by atoms with Crippen LogP contribution < -0.4 is 4.90 Å². The van der Waals surface area contributed by atoms with Crippen LogP contribution in [-0.2, 0) is 18.3 Å². The van der Waals surface area contributed by atoms with E-state index in [1.54, 1.807) is 54.6 Å². The Morgan fingerprint density at radius 2 is 2.13 bits per heavy atom. The normalized spacial score (nSPS) is 16.0. The first-order chi connectivity index (χ1) is 15.1. The van der Waals surface area contributed by atoms with Crippen molar-refractivity contribution in [2.45, 2.75) is 12.6 Å². The molecule has 1 unspecified atom stereocenters. The number of ether oxygens (including phenoxy) is 1. The van der Waals surface area contributed by atoms with E-state index in [1.807, 2.05) is 0 Å². The van der Waals surface area contributed by atoms with Gasteiger partial charge < -0.3 is 4.74 Å². The van der Waals surface area contributed by atoms with Crippen LogP contribution in [0.4, 0.5) is 14.9 Å². The minimum Gasteiger partial charge on any atom is -0.442 e. The van der Waals surface area contributed by atoms with Gasteiger partial charge in [-0.05, 0) is 29.5 Å². The molecule has 1 fully saturated rings. The minimum atomic E-state index is -0.528. The molecule has 4 aromatic rings. The number of carbonyl (C=O) groups excluding carboxylic acids is 1. The van der Waals surface area contributed by atoms with Crippen molar-refractivity contribution in [3.8, 4) is 22.6 Å². The van der Waals surface area contributed by atoms with E-state index in [9.17, 15) is 9.18 Å². The van der Waals surface area contributed by atoms with Crippen LogP contribution >= 0.6 is 0 Å². The van der Waals surface area contributed by atoms with Gasteiger partial charge in [0.25, 0.3) is 0 Å². The molecule has 1 aliphatic rings. The van der Waals surface area contributed by atoms with Crippen LogP contribution in [-0.4, -0.2) is 58.9 Å². The Hall–Kier alpha value is -4.22. The van der Waals surface area contributed by atoms with Gasteiger partial charge in [-0.3, -0.25) is 9.88 Å². The molecule has 1 saturated heterocycles. The third-order valence-electron chi connectivity index (χ3n) is 4.81. The number of rotatable bonds is 5. The third kappa shape index (κ3) is 3.70. The first kappa shape index (κ1) is 18.8. The summed E-state index contributed by atoms with van der Waals surface area (Å²) in [6.45, 7) is 0.667. The topological polar surface area (TPSA) is 117 Å². The summed E-state index contributed by atoms with van der Waals surface area (Å²) >= 11 is 0.